The molecule has 1 heterocycles. The number of fused-ring (bicyclic) bond motifs is 3. The summed E-state index contributed by atoms with van der Waals surface area (Å²) in [4.78, 5) is 39.7. The van der Waals surface area contributed by atoms with E-state index in [2.05, 4.69) is 29.6 Å². The van der Waals surface area contributed by atoms with Gasteiger partial charge in [-0.3, -0.25) is 9.59 Å². The van der Waals surface area contributed by atoms with Crippen LogP contribution in [0.1, 0.15) is 57.6 Å². The van der Waals surface area contributed by atoms with Gasteiger partial charge < -0.3 is 20.1 Å². The summed E-state index contributed by atoms with van der Waals surface area (Å²) in [5.41, 5.74) is 3.94. The van der Waals surface area contributed by atoms with Crippen molar-refractivity contribution in [1.82, 2.24) is 10.2 Å². The van der Waals surface area contributed by atoms with Crippen LogP contribution in [0.5, 0.6) is 0 Å². The SMILES string of the molecule is CC1C(C(=O)O)CCCN1C(=O)[C@@H](NC(=O)OCC1c2ccccc2-c2ccccc21)C(C)(C)C. The van der Waals surface area contributed by atoms with Crippen molar-refractivity contribution >= 4 is 18.0 Å². The Morgan fingerprint density at radius 2 is 1.63 bits per heavy atom. The van der Waals surface area contributed by atoms with Crippen LogP contribution in [0.3, 0.4) is 0 Å². The molecule has 0 saturated carbocycles. The molecular formula is C28H34N2O5. The lowest BCUT2D eigenvalue weighted by Crippen LogP contribution is -2.59. The van der Waals surface area contributed by atoms with Crippen LogP contribution in [0, 0.1) is 11.3 Å². The number of hydrogen-bond acceptors (Lipinski definition) is 4. The second kappa shape index (κ2) is 9.72. The molecule has 0 spiro atoms. The van der Waals surface area contributed by atoms with Gasteiger partial charge in [0.05, 0.1) is 5.92 Å². The zero-order chi connectivity index (χ0) is 25.3. The minimum Gasteiger partial charge on any atom is -0.481 e. The molecule has 1 saturated heterocycles. The van der Waals surface area contributed by atoms with Gasteiger partial charge in [-0.05, 0) is 47.4 Å². The van der Waals surface area contributed by atoms with E-state index in [4.69, 9.17) is 4.74 Å². The number of carbonyl (C=O) groups is 3. The summed E-state index contributed by atoms with van der Waals surface area (Å²) in [6.45, 7) is 8.03. The maximum atomic E-state index is 13.5. The minimum atomic E-state index is -0.896. The van der Waals surface area contributed by atoms with Gasteiger partial charge in [-0.2, -0.15) is 0 Å². The smallest absolute Gasteiger partial charge is 0.407 e. The zero-order valence-corrected chi connectivity index (χ0v) is 20.8. The molecule has 3 atom stereocenters. The lowest BCUT2D eigenvalue weighted by molar-refractivity contribution is -0.150. The Kier molecular flexibility index (Phi) is 6.88. The Labute approximate surface area is 206 Å². The van der Waals surface area contributed by atoms with Crippen molar-refractivity contribution in [3.05, 3.63) is 59.7 Å². The van der Waals surface area contributed by atoms with E-state index >= 15 is 0 Å². The van der Waals surface area contributed by atoms with Gasteiger partial charge in [-0.1, -0.05) is 69.3 Å². The fourth-order valence-electron chi connectivity index (χ4n) is 5.36. The number of piperidine rings is 1. The highest BCUT2D eigenvalue weighted by atomic mass is 16.5. The first-order chi connectivity index (χ1) is 16.6. The van der Waals surface area contributed by atoms with Gasteiger partial charge in [-0.15, -0.1) is 0 Å². The number of ether oxygens (including phenoxy) is 1. The van der Waals surface area contributed by atoms with Crippen LogP contribution in [-0.2, 0) is 14.3 Å². The Morgan fingerprint density at radius 1 is 1.06 bits per heavy atom. The molecule has 0 radical (unpaired) electrons. The molecule has 2 unspecified atom stereocenters. The summed E-state index contributed by atoms with van der Waals surface area (Å²) in [7, 11) is 0. The summed E-state index contributed by atoms with van der Waals surface area (Å²) < 4.78 is 5.67. The number of nitrogens with one attached hydrogen (secondary N) is 1. The third-order valence-corrected chi connectivity index (χ3v) is 7.31. The Hall–Kier alpha value is -3.35. The number of amides is 2. The largest absolute Gasteiger partial charge is 0.481 e. The van der Waals surface area contributed by atoms with Crippen molar-refractivity contribution in [2.24, 2.45) is 11.3 Å². The lowest BCUT2D eigenvalue weighted by atomic mass is 9.83. The van der Waals surface area contributed by atoms with Crippen LogP contribution in [0.2, 0.25) is 0 Å². The monoisotopic (exact) mass is 478 g/mol. The molecule has 2 aromatic carbocycles. The first-order valence-electron chi connectivity index (χ1n) is 12.2. The average molecular weight is 479 g/mol. The maximum absolute atomic E-state index is 13.5. The third-order valence-electron chi connectivity index (χ3n) is 7.31. The Morgan fingerprint density at radius 3 is 2.17 bits per heavy atom. The van der Waals surface area contributed by atoms with E-state index in [1.807, 2.05) is 45.0 Å². The van der Waals surface area contributed by atoms with Gasteiger partial charge in [0.2, 0.25) is 5.91 Å². The molecule has 7 nitrogen and oxygen atoms in total. The van der Waals surface area contributed by atoms with Crippen molar-refractivity contribution in [3.63, 3.8) is 0 Å². The molecule has 2 aromatic rings. The first kappa shape index (κ1) is 24.8. The first-order valence-corrected chi connectivity index (χ1v) is 12.2. The number of likely N-dealkylation sites (tertiary alicyclic amines) is 1. The van der Waals surface area contributed by atoms with E-state index in [1.54, 1.807) is 11.8 Å². The Balaban J connectivity index is 1.47. The summed E-state index contributed by atoms with van der Waals surface area (Å²) in [6, 6.07) is 14.9. The molecule has 0 aromatic heterocycles. The van der Waals surface area contributed by atoms with Crippen LogP contribution >= 0.6 is 0 Å². The van der Waals surface area contributed by atoms with Crippen LogP contribution in [0.25, 0.3) is 11.1 Å². The van der Waals surface area contributed by atoms with E-state index in [-0.39, 0.29) is 18.4 Å². The number of hydrogen-bond donors (Lipinski definition) is 2. The molecule has 35 heavy (non-hydrogen) atoms. The highest BCUT2D eigenvalue weighted by Gasteiger charge is 2.42. The Bertz CT molecular complexity index is 1080. The molecule has 2 N–H and O–H groups in total. The average Bonchev–Trinajstić information content (AvgIpc) is 3.14. The summed E-state index contributed by atoms with van der Waals surface area (Å²) >= 11 is 0. The van der Waals surface area contributed by atoms with Gasteiger partial charge in [0, 0.05) is 18.5 Å². The van der Waals surface area contributed by atoms with Crippen LogP contribution < -0.4 is 5.32 Å². The molecule has 0 bridgehead atoms. The number of alkyl carbamates (subject to hydrolysis) is 1. The fourth-order valence-corrected chi connectivity index (χ4v) is 5.36. The van der Waals surface area contributed by atoms with Crippen molar-refractivity contribution in [1.29, 1.82) is 0 Å². The van der Waals surface area contributed by atoms with Crippen LogP contribution in [0.15, 0.2) is 48.5 Å². The van der Waals surface area contributed by atoms with Crippen molar-refractivity contribution in [2.45, 2.75) is 58.5 Å². The van der Waals surface area contributed by atoms with E-state index in [1.165, 1.54) is 0 Å². The summed E-state index contributed by atoms with van der Waals surface area (Å²) in [5, 5.41) is 12.3. The normalized spacial score (nSPS) is 20.5. The van der Waals surface area contributed by atoms with Gasteiger partial charge in [0.25, 0.3) is 0 Å². The second-order valence-corrected chi connectivity index (χ2v) is 10.6. The standard InChI is InChI=1S/C28H34N2O5/c1-17-18(26(32)33)14-9-15-30(17)25(31)24(28(2,3)4)29-27(34)35-16-23-21-12-7-5-10-19(21)20-11-6-8-13-22(20)23/h5-8,10-13,17-18,23-24H,9,14-16H2,1-4H3,(H,29,34)(H,32,33)/t17?,18?,24-/m1/s1. The quantitative estimate of drug-likeness (QED) is 0.652. The number of aliphatic carboxylic acids is 1. The van der Waals surface area contributed by atoms with Crippen molar-refractivity contribution < 1.29 is 24.2 Å². The molecule has 1 aliphatic carbocycles. The van der Waals surface area contributed by atoms with E-state index in [0.717, 1.165) is 22.3 Å². The number of benzene rings is 2. The predicted octanol–water partition coefficient (Wildman–Crippen LogP) is 4.65. The molecule has 7 heteroatoms. The number of carbonyl (C=O) groups excluding carboxylic acids is 2. The van der Waals surface area contributed by atoms with Crippen molar-refractivity contribution in [3.8, 4) is 11.1 Å². The fraction of sp³-hybridized carbons (Fsp3) is 0.464. The van der Waals surface area contributed by atoms with E-state index in [0.29, 0.717) is 19.4 Å². The van der Waals surface area contributed by atoms with Crippen LogP contribution in [-0.4, -0.2) is 53.2 Å². The maximum Gasteiger partial charge on any atom is 0.407 e. The minimum absolute atomic E-state index is 0.0737. The highest BCUT2D eigenvalue weighted by Crippen LogP contribution is 2.44. The van der Waals surface area contributed by atoms with E-state index < -0.39 is 35.5 Å². The molecule has 2 amide bonds. The number of rotatable bonds is 5. The topological polar surface area (TPSA) is 95.9 Å². The number of carboxylic acids is 1. The number of carboxylic acid groups (broad SMARTS) is 1. The molecule has 1 fully saturated rings. The molecule has 1 aliphatic heterocycles. The third kappa shape index (κ3) is 4.90. The number of nitrogens with zero attached hydrogens (tertiary/aromatic N) is 1. The van der Waals surface area contributed by atoms with Gasteiger partial charge in [-0.25, -0.2) is 4.79 Å². The second-order valence-electron chi connectivity index (χ2n) is 10.6. The molecule has 186 valence electrons. The molecule has 2 aliphatic rings. The highest BCUT2D eigenvalue weighted by molar-refractivity contribution is 5.87. The molecule has 4 rings (SSSR count). The van der Waals surface area contributed by atoms with Crippen molar-refractivity contribution in [2.75, 3.05) is 13.2 Å². The zero-order valence-electron chi connectivity index (χ0n) is 20.8. The van der Waals surface area contributed by atoms with Gasteiger partial charge in [0.1, 0.15) is 12.6 Å². The summed E-state index contributed by atoms with van der Waals surface area (Å²) in [5.74, 6) is -1.85. The lowest BCUT2D eigenvalue weighted by Gasteiger charge is -2.41. The van der Waals surface area contributed by atoms with Gasteiger partial charge >= 0.3 is 12.1 Å². The summed E-state index contributed by atoms with van der Waals surface area (Å²) in [6.07, 6.45) is 0.509. The predicted molar refractivity (Wildman–Crippen MR) is 133 cm³/mol. The van der Waals surface area contributed by atoms with E-state index in [9.17, 15) is 19.5 Å². The van der Waals surface area contributed by atoms with Crippen LogP contribution in [0.4, 0.5) is 4.79 Å². The van der Waals surface area contributed by atoms with Gasteiger partial charge in [0.15, 0.2) is 0 Å². The molecular weight excluding hydrogens is 444 g/mol.